The summed E-state index contributed by atoms with van der Waals surface area (Å²) in [6.07, 6.45) is 11.5. The molecule has 0 bridgehead atoms. The van der Waals surface area contributed by atoms with Crippen molar-refractivity contribution in [2.24, 2.45) is 40.2 Å². The lowest BCUT2D eigenvalue weighted by molar-refractivity contribution is -0.122. The highest BCUT2D eigenvalue weighted by molar-refractivity contribution is 5.10. The topological polar surface area (TPSA) is 46.2 Å². The lowest BCUT2D eigenvalue weighted by Gasteiger charge is -2.60. The zero-order chi connectivity index (χ0) is 14.8. The maximum atomic E-state index is 10.1. The molecule has 0 aromatic carbocycles. The van der Waals surface area contributed by atoms with Crippen molar-refractivity contribution in [3.8, 4) is 0 Å². The molecular formula is C19H33NO. The van der Waals surface area contributed by atoms with Crippen LogP contribution in [0.15, 0.2) is 0 Å². The standard InChI is InChI=1S/C19H33NO/c1-18-9-7-13(21)11-12(18)3-4-14-15-5-6-17(20)19(15,2)10-8-16(14)18/h12-17,21H,3-11,20H2,1-2H3/t12-,13+,14-,15+,16+,17+,18-,19-/m0/s1. The van der Waals surface area contributed by atoms with E-state index in [-0.39, 0.29) is 6.10 Å². The van der Waals surface area contributed by atoms with Gasteiger partial charge in [-0.2, -0.15) is 0 Å². The molecule has 120 valence electrons. The van der Waals surface area contributed by atoms with Crippen molar-refractivity contribution in [2.45, 2.75) is 83.8 Å². The van der Waals surface area contributed by atoms with Crippen molar-refractivity contribution in [2.75, 3.05) is 0 Å². The summed E-state index contributed by atoms with van der Waals surface area (Å²) in [5, 5.41) is 10.1. The zero-order valence-corrected chi connectivity index (χ0v) is 13.9. The smallest absolute Gasteiger partial charge is 0.0543 e. The average Bonchev–Trinajstić information content (AvgIpc) is 2.76. The van der Waals surface area contributed by atoms with Crippen LogP contribution in [0.5, 0.6) is 0 Å². The van der Waals surface area contributed by atoms with Crippen molar-refractivity contribution >= 4 is 0 Å². The summed E-state index contributed by atoms with van der Waals surface area (Å²) in [6.45, 7) is 5.06. The minimum Gasteiger partial charge on any atom is -0.393 e. The second-order valence-corrected chi connectivity index (χ2v) is 9.31. The van der Waals surface area contributed by atoms with E-state index in [4.69, 9.17) is 5.73 Å². The number of rotatable bonds is 0. The van der Waals surface area contributed by atoms with Gasteiger partial charge in [0.25, 0.3) is 0 Å². The van der Waals surface area contributed by atoms with Crippen LogP contribution in [0.25, 0.3) is 0 Å². The first-order chi connectivity index (χ1) is 9.95. The summed E-state index contributed by atoms with van der Waals surface area (Å²) in [6, 6.07) is 0.446. The Kier molecular flexibility index (Phi) is 3.25. The number of hydrogen-bond acceptors (Lipinski definition) is 2. The van der Waals surface area contributed by atoms with Crippen LogP contribution in [0.3, 0.4) is 0 Å². The summed E-state index contributed by atoms with van der Waals surface area (Å²) in [4.78, 5) is 0. The highest BCUT2D eigenvalue weighted by Gasteiger charge is 2.59. The van der Waals surface area contributed by atoms with Gasteiger partial charge in [-0.3, -0.25) is 0 Å². The van der Waals surface area contributed by atoms with Gasteiger partial charge < -0.3 is 10.8 Å². The van der Waals surface area contributed by atoms with E-state index in [1.807, 2.05) is 0 Å². The molecule has 8 atom stereocenters. The lowest BCUT2D eigenvalue weighted by atomic mass is 9.45. The van der Waals surface area contributed by atoms with Crippen LogP contribution in [0.2, 0.25) is 0 Å². The quantitative estimate of drug-likeness (QED) is 0.714. The van der Waals surface area contributed by atoms with Gasteiger partial charge in [0.1, 0.15) is 0 Å². The van der Waals surface area contributed by atoms with Gasteiger partial charge in [0, 0.05) is 6.04 Å². The van der Waals surface area contributed by atoms with Crippen LogP contribution in [0.4, 0.5) is 0 Å². The fourth-order valence-electron chi connectivity index (χ4n) is 7.28. The molecule has 0 saturated heterocycles. The Labute approximate surface area is 129 Å². The largest absolute Gasteiger partial charge is 0.393 e. The molecule has 2 nitrogen and oxygen atoms in total. The fourth-order valence-corrected chi connectivity index (χ4v) is 7.28. The van der Waals surface area contributed by atoms with Crippen molar-refractivity contribution in [1.29, 1.82) is 0 Å². The van der Waals surface area contributed by atoms with E-state index < -0.39 is 0 Å². The summed E-state index contributed by atoms with van der Waals surface area (Å²) >= 11 is 0. The van der Waals surface area contributed by atoms with Gasteiger partial charge in [-0.1, -0.05) is 13.8 Å². The molecule has 0 aromatic heterocycles. The van der Waals surface area contributed by atoms with Crippen LogP contribution in [-0.4, -0.2) is 17.3 Å². The lowest BCUT2D eigenvalue weighted by Crippen LogP contribution is -2.55. The van der Waals surface area contributed by atoms with Gasteiger partial charge in [0.15, 0.2) is 0 Å². The van der Waals surface area contributed by atoms with Gasteiger partial charge in [-0.15, -0.1) is 0 Å². The fraction of sp³-hybridized carbons (Fsp3) is 1.00. The average molecular weight is 291 g/mol. The third-order valence-electron chi connectivity index (χ3n) is 8.71. The van der Waals surface area contributed by atoms with Crippen LogP contribution in [0.1, 0.15) is 71.6 Å². The third-order valence-corrected chi connectivity index (χ3v) is 8.71. The van der Waals surface area contributed by atoms with Crippen LogP contribution < -0.4 is 5.73 Å². The summed E-state index contributed by atoms with van der Waals surface area (Å²) in [5.74, 6) is 3.50. The summed E-state index contributed by atoms with van der Waals surface area (Å²) in [5.41, 5.74) is 7.43. The Balaban J connectivity index is 1.62. The molecule has 0 spiro atoms. The molecule has 4 rings (SSSR count). The van der Waals surface area contributed by atoms with E-state index in [0.29, 0.717) is 16.9 Å². The summed E-state index contributed by atoms with van der Waals surface area (Å²) < 4.78 is 0. The number of aliphatic hydroxyl groups excluding tert-OH is 1. The van der Waals surface area contributed by atoms with Gasteiger partial charge >= 0.3 is 0 Å². The van der Waals surface area contributed by atoms with Crippen LogP contribution in [-0.2, 0) is 0 Å². The maximum Gasteiger partial charge on any atom is 0.0543 e. The second kappa shape index (κ2) is 4.71. The number of aliphatic hydroxyl groups is 1. The third kappa shape index (κ3) is 1.91. The molecule has 0 amide bonds. The SMILES string of the molecule is C[C@]12CC[C@@H](O)C[C@@H]1CC[C@@H]1[C@H]2CC[C@]2(C)[C@H](N)CC[C@H]12. The number of fused-ring (bicyclic) bond motifs is 5. The Hall–Kier alpha value is -0.0800. The molecule has 0 aromatic rings. The van der Waals surface area contributed by atoms with E-state index in [0.717, 1.165) is 36.5 Å². The van der Waals surface area contributed by atoms with Gasteiger partial charge in [0.2, 0.25) is 0 Å². The van der Waals surface area contributed by atoms with Gasteiger partial charge in [-0.05, 0) is 92.3 Å². The van der Waals surface area contributed by atoms with E-state index >= 15 is 0 Å². The van der Waals surface area contributed by atoms with E-state index in [1.54, 1.807) is 0 Å². The van der Waals surface area contributed by atoms with Crippen molar-refractivity contribution in [3.63, 3.8) is 0 Å². The molecule has 0 radical (unpaired) electrons. The first-order valence-electron chi connectivity index (χ1n) is 9.39. The van der Waals surface area contributed by atoms with Crippen LogP contribution >= 0.6 is 0 Å². The Bertz CT molecular complexity index is 424. The molecule has 0 aliphatic heterocycles. The minimum absolute atomic E-state index is 0.0200. The van der Waals surface area contributed by atoms with Gasteiger partial charge in [0.05, 0.1) is 6.10 Å². The van der Waals surface area contributed by atoms with E-state index in [9.17, 15) is 5.11 Å². The normalized spacial score (nSPS) is 60.0. The predicted octanol–water partition coefficient (Wildman–Crippen LogP) is 3.72. The Morgan fingerprint density at radius 1 is 0.857 bits per heavy atom. The predicted molar refractivity (Wildman–Crippen MR) is 85.7 cm³/mol. The summed E-state index contributed by atoms with van der Waals surface area (Å²) in [7, 11) is 0. The van der Waals surface area contributed by atoms with Crippen molar-refractivity contribution in [1.82, 2.24) is 0 Å². The molecule has 0 heterocycles. The molecule has 0 unspecified atom stereocenters. The molecule has 4 fully saturated rings. The maximum absolute atomic E-state index is 10.1. The molecule has 21 heavy (non-hydrogen) atoms. The number of nitrogens with two attached hydrogens (primary N) is 1. The van der Waals surface area contributed by atoms with Crippen molar-refractivity contribution in [3.05, 3.63) is 0 Å². The molecular weight excluding hydrogens is 258 g/mol. The first kappa shape index (κ1) is 14.5. The molecule has 4 aliphatic carbocycles. The zero-order valence-electron chi connectivity index (χ0n) is 13.9. The molecule has 4 aliphatic rings. The second-order valence-electron chi connectivity index (χ2n) is 9.31. The highest BCUT2D eigenvalue weighted by Crippen LogP contribution is 2.65. The molecule has 4 saturated carbocycles. The van der Waals surface area contributed by atoms with Crippen molar-refractivity contribution < 1.29 is 5.11 Å². The molecule has 3 N–H and O–H groups in total. The Morgan fingerprint density at radius 2 is 1.57 bits per heavy atom. The number of hydrogen-bond donors (Lipinski definition) is 2. The van der Waals surface area contributed by atoms with E-state index in [2.05, 4.69) is 13.8 Å². The van der Waals surface area contributed by atoms with Crippen LogP contribution in [0, 0.1) is 34.5 Å². The Morgan fingerprint density at radius 3 is 2.38 bits per heavy atom. The first-order valence-corrected chi connectivity index (χ1v) is 9.39. The monoisotopic (exact) mass is 291 g/mol. The van der Waals surface area contributed by atoms with E-state index in [1.165, 1.54) is 44.9 Å². The van der Waals surface area contributed by atoms with Gasteiger partial charge in [-0.25, -0.2) is 0 Å². The molecule has 2 heteroatoms. The highest BCUT2D eigenvalue weighted by atomic mass is 16.3. The minimum atomic E-state index is -0.0200.